The smallest absolute Gasteiger partial charge is 0.338 e. The molecule has 2 aromatic heterocycles. The SMILES string of the molecule is O=c1cc(-n2cc(-c3cccc(F)c3)nn2)c2ccccc2o1. The van der Waals surface area contributed by atoms with Crippen molar-refractivity contribution in [1.82, 2.24) is 15.0 Å². The first-order chi connectivity index (χ1) is 11.2. The van der Waals surface area contributed by atoms with E-state index in [9.17, 15) is 9.18 Å². The molecule has 0 unspecified atom stereocenters. The van der Waals surface area contributed by atoms with E-state index in [0.717, 1.165) is 5.39 Å². The van der Waals surface area contributed by atoms with Crippen molar-refractivity contribution in [3.05, 3.63) is 77.0 Å². The van der Waals surface area contributed by atoms with Gasteiger partial charge in [-0.3, -0.25) is 0 Å². The summed E-state index contributed by atoms with van der Waals surface area (Å²) in [4.78, 5) is 11.7. The van der Waals surface area contributed by atoms with Crippen molar-refractivity contribution >= 4 is 11.0 Å². The van der Waals surface area contributed by atoms with Crippen LogP contribution < -0.4 is 5.63 Å². The minimum absolute atomic E-state index is 0.345. The number of para-hydroxylation sites is 1. The van der Waals surface area contributed by atoms with Gasteiger partial charge in [0.05, 0.1) is 18.0 Å². The van der Waals surface area contributed by atoms with Crippen LogP contribution in [0.25, 0.3) is 27.9 Å². The lowest BCUT2D eigenvalue weighted by Gasteiger charge is -2.03. The molecule has 0 fully saturated rings. The van der Waals surface area contributed by atoms with E-state index in [1.807, 2.05) is 12.1 Å². The highest BCUT2D eigenvalue weighted by Gasteiger charge is 2.11. The molecule has 0 radical (unpaired) electrons. The van der Waals surface area contributed by atoms with Gasteiger partial charge in [-0.05, 0) is 24.3 Å². The van der Waals surface area contributed by atoms with E-state index < -0.39 is 5.63 Å². The fourth-order valence-electron chi connectivity index (χ4n) is 2.45. The first-order valence-electron chi connectivity index (χ1n) is 6.92. The molecule has 4 aromatic rings. The molecular weight excluding hydrogens is 297 g/mol. The number of aromatic nitrogens is 3. The zero-order valence-electron chi connectivity index (χ0n) is 11.8. The number of fused-ring (bicyclic) bond motifs is 1. The number of nitrogens with zero attached hydrogens (tertiary/aromatic N) is 3. The summed E-state index contributed by atoms with van der Waals surface area (Å²) in [7, 11) is 0. The summed E-state index contributed by atoms with van der Waals surface area (Å²) in [5.41, 5.74) is 1.69. The molecule has 0 aliphatic heterocycles. The Morgan fingerprint density at radius 1 is 1.04 bits per heavy atom. The van der Waals surface area contributed by atoms with Crippen molar-refractivity contribution in [2.24, 2.45) is 0 Å². The Morgan fingerprint density at radius 3 is 2.78 bits per heavy atom. The van der Waals surface area contributed by atoms with Crippen LogP contribution in [0.4, 0.5) is 4.39 Å². The van der Waals surface area contributed by atoms with Gasteiger partial charge in [-0.2, -0.15) is 0 Å². The highest BCUT2D eigenvalue weighted by molar-refractivity contribution is 5.85. The third kappa shape index (κ3) is 2.40. The van der Waals surface area contributed by atoms with Gasteiger partial charge in [-0.1, -0.05) is 29.5 Å². The molecule has 2 heterocycles. The molecule has 0 spiro atoms. The largest absolute Gasteiger partial charge is 0.423 e. The highest BCUT2D eigenvalue weighted by Crippen LogP contribution is 2.22. The highest BCUT2D eigenvalue weighted by atomic mass is 19.1. The molecule has 112 valence electrons. The van der Waals surface area contributed by atoms with Crippen LogP contribution in [0.5, 0.6) is 0 Å². The van der Waals surface area contributed by atoms with Crippen molar-refractivity contribution in [2.45, 2.75) is 0 Å². The van der Waals surface area contributed by atoms with Gasteiger partial charge in [0.2, 0.25) is 0 Å². The predicted octanol–water partition coefficient (Wildman–Crippen LogP) is 3.18. The molecule has 0 saturated heterocycles. The van der Waals surface area contributed by atoms with Crippen LogP contribution in [0.15, 0.2) is 70.0 Å². The average Bonchev–Trinajstić information content (AvgIpc) is 3.04. The van der Waals surface area contributed by atoms with Crippen LogP contribution in [0.2, 0.25) is 0 Å². The Morgan fingerprint density at radius 2 is 1.91 bits per heavy atom. The van der Waals surface area contributed by atoms with Crippen molar-refractivity contribution in [1.29, 1.82) is 0 Å². The number of halogens is 1. The fraction of sp³-hybridized carbons (Fsp3) is 0. The first kappa shape index (κ1) is 13.4. The molecule has 5 nitrogen and oxygen atoms in total. The van der Waals surface area contributed by atoms with Crippen molar-refractivity contribution in [3.63, 3.8) is 0 Å². The summed E-state index contributed by atoms with van der Waals surface area (Å²) >= 11 is 0. The Labute approximate surface area is 129 Å². The molecule has 6 heteroatoms. The topological polar surface area (TPSA) is 60.9 Å². The summed E-state index contributed by atoms with van der Waals surface area (Å²) in [6, 6.07) is 14.6. The first-order valence-corrected chi connectivity index (χ1v) is 6.92. The van der Waals surface area contributed by atoms with Crippen LogP contribution >= 0.6 is 0 Å². The zero-order valence-corrected chi connectivity index (χ0v) is 11.8. The van der Waals surface area contributed by atoms with Gasteiger partial charge in [0, 0.05) is 10.9 Å². The molecule has 0 amide bonds. The second kappa shape index (κ2) is 5.17. The molecule has 0 N–H and O–H groups in total. The zero-order chi connectivity index (χ0) is 15.8. The van der Waals surface area contributed by atoms with E-state index in [-0.39, 0.29) is 5.82 Å². The minimum atomic E-state index is -0.471. The van der Waals surface area contributed by atoms with E-state index in [1.165, 1.54) is 22.9 Å². The lowest BCUT2D eigenvalue weighted by Crippen LogP contribution is -2.04. The number of hydrogen-bond acceptors (Lipinski definition) is 4. The van der Waals surface area contributed by atoms with E-state index in [1.54, 1.807) is 30.5 Å². The third-order valence-corrected chi connectivity index (χ3v) is 3.49. The molecule has 0 aliphatic carbocycles. The van der Waals surface area contributed by atoms with Gasteiger partial charge in [0.25, 0.3) is 0 Å². The van der Waals surface area contributed by atoms with Gasteiger partial charge >= 0.3 is 5.63 Å². The second-order valence-corrected chi connectivity index (χ2v) is 5.01. The maximum absolute atomic E-state index is 13.3. The lowest BCUT2D eigenvalue weighted by atomic mass is 10.1. The maximum atomic E-state index is 13.3. The number of rotatable bonds is 2. The third-order valence-electron chi connectivity index (χ3n) is 3.49. The number of benzene rings is 2. The summed E-state index contributed by atoms with van der Waals surface area (Å²) < 4.78 is 20.0. The lowest BCUT2D eigenvalue weighted by molar-refractivity contribution is 0.559. The predicted molar refractivity (Wildman–Crippen MR) is 82.8 cm³/mol. The van der Waals surface area contributed by atoms with E-state index in [0.29, 0.717) is 22.5 Å². The van der Waals surface area contributed by atoms with Gasteiger partial charge < -0.3 is 4.42 Å². The molecular formula is C17H10FN3O2. The van der Waals surface area contributed by atoms with Crippen LogP contribution in [0, 0.1) is 5.82 Å². The van der Waals surface area contributed by atoms with Gasteiger partial charge in [-0.15, -0.1) is 5.10 Å². The number of hydrogen-bond donors (Lipinski definition) is 0. The van der Waals surface area contributed by atoms with Gasteiger partial charge in [-0.25, -0.2) is 13.9 Å². The van der Waals surface area contributed by atoms with Crippen LogP contribution in [0.1, 0.15) is 0 Å². The summed E-state index contributed by atoms with van der Waals surface area (Å²) in [6.45, 7) is 0. The standard InChI is InChI=1S/C17H10FN3O2/c18-12-5-3-4-11(8-12)14-10-21(20-19-14)15-9-17(22)23-16-7-2-1-6-13(15)16/h1-10H. The quantitative estimate of drug-likeness (QED) is 0.534. The molecule has 0 atom stereocenters. The normalized spacial score (nSPS) is 11.0. The minimum Gasteiger partial charge on any atom is -0.423 e. The Hall–Kier alpha value is -3.28. The Balaban J connectivity index is 1.88. The summed E-state index contributed by atoms with van der Waals surface area (Å²) in [5, 5.41) is 8.84. The van der Waals surface area contributed by atoms with Crippen molar-refractivity contribution in [3.8, 4) is 16.9 Å². The molecule has 4 rings (SSSR count). The van der Waals surface area contributed by atoms with Crippen molar-refractivity contribution in [2.75, 3.05) is 0 Å². The monoisotopic (exact) mass is 307 g/mol. The second-order valence-electron chi connectivity index (χ2n) is 5.01. The van der Waals surface area contributed by atoms with Crippen LogP contribution in [0.3, 0.4) is 0 Å². The Bertz CT molecular complexity index is 1070. The molecule has 0 saturated carbocycles. The molecule has 0 bridgehead atoms. The van der Waals surface area contributed by atoms with Crippen molar-refractivity contribution < 1.29 is 8.81 Å². The molecule has 23 heavy (non-hydrogen) atoms. The van der Waals surface area contributed by atoms with E-state index in [2.05, 4.69) is 10.3 Å². The molecule has 0 aliphatic rings. The van der Waals surface area contributed by atoms with Gasteiger partial charge in [0.1, 0.15) is 17.1 Å². The van der Waals surface area contributed by atoms with E-state index in [4.69, 9.17) is 4.42 Å². The van der Waals surface area contributed by atoms with Crippen LogP contribution in [-0.2, 0) is 0 Å². The summed E-state index contributed by atoms with van der Waals surface area (Å²) in [6.07, 6.45) is 1.65. The van der Waals surface area contributed by atoms with Gasteiger partial charge in [0.15, 0.2) is 0 Å². The summed E-state index contributed by atoms with van der Waals surface area (Å²) in [5.74, 6) is -0.345. The fourth-order valence-corrected chi connectivity index (χ4v) is 2.45. The van der Waals surface area contributed by atoms with E-state index >= 15 is 0 Å². The maximum Gasteiger partial charge on any atom is 0.338 e. The Kier molecular flexibility index (Phi) is 3.01. The van der Waals surface area contributed by atoms with Crippen LogP contribution in [-0.4, -0.2) is 15.0 Å². The molecule has 2 aromatic carbocycles. The average molecular weight is 307 g/mol.